The largest absolute Gasteiger partial charge is 0.490 e. The van der Waals surface area contributed by atoms with Crippen LogP contribution in [0.25, 0.3) is 11.1 Å². The zero-order valence-corrected chi connectivity index (χ0v) is 14.3. The van der Waals surface area contributed by atoms with Crippen molar-refractivity contribution in [3.63, 3.8) is 0 Å². The summed E-state index contributed by atoms with van der Waals surface area (Å²) in [4.78, 5) is 4.21. The molecule has 0 aliphatic heterocycles. The highest BCUT2D eigenvalue weighted by atomic mass is 35.5. The lowest BCUT2D eigenvalue weighted by Gasteiger charge is -2.17. The molecule has 5 heteroatoms. The second kappa shape index (κ2) is 8.37. The van der Waals surface area contributed by atoms with Crippen molar-refractivity contribution in [2.75, 3.05) is 13.2 Å². The van der Waals surface area contributed by atoms with E-state index in [1.54, 1.807) is 6.20 Å². The van der Waals surface area contributed by atoms with Crippen LogP contribution in [0.15, 0.2) is 36.5 Å². The first kappa shape index (κ1) is 17.1. The second-order valence-electron chi connectivity index (χ2n) is 4.99. The average Bonchev–Trinajstić information content (AvgIpc) is 2.53. The van der Waals surface area contributed by atoms with Crippen LogP contribution in [0.4, 0.5) is 0 Å². The smallest absolute Gasteiger partial charge is 0.138 e. The molecule has 0 aliphatic carbocycles. The molecule has 0 fully saturated rings. The van der Waals surface area contributed by atoms with Crippen LogP contribution >= 0.6 is 23.2 Å². The third-order valence-corrected chi connectivity index (χ3v) is 3.96. The van der Waals surface area contributed by atoms with Gasteiger partial charge in [0.2, 0.25) is 0 Å². The molecule has 3 nitrogen and oxygen atoms in total. The van der Waals surface area contributed by atoms with E-state index in [2.05, 4.69) is 24.1 Å². The summed E-state index contributed by atoms with van der Waals surface area (Å²) >= 11 is 12.1. The molecular formula is C17H20Cl2N2O. The number of hydrogen-bond donors (Lipinski definition) is 1. The number of rotatable bonds is 7. The van der Waals surface area contributed by atoms with Gasteiger partial charge in [0.25, 0.3) is 0 Å². The van der Waals surface area contributed by atoms with Crippen LogP contribution < -0.4 is 10.1 Å². The summed E-state index contributed by atoms with van der Waals surface area (Å²) in [7, 11) is 0. The fourth-order valence-corrected chi connectivity index (χ4v) is 2.48. The molecule has 2 aromatic rings. The van der Waals surface area contributed by atoms with E-state index in [9.17, 15) is 0 Å². The van der Waals surface area contributed by atoms with E-state index in [0.717, 1.165) is 24.1 Å². The predicted molar refractivity (Wildman–Crippen MR) is 92.9 cm³/mol. The lowest BCUT2D eigenvalue weighted by atomic mass is 10.1. The third-order valence-electron chi connectivity index (χ3n) is 3.41. The summed E-state index contributed by atoms with van der Waals surface area (Å²) in [5.41, 5.74) is 1.80. The van der Waals surface area contributed by atoms with E-state index >= 15 is 0 Å². The first-order valence-corrected chi connectivity index (χ1v) is 8.17. The zero-order valence-electron chi connectivity index (χ0n) is 12.8. The zero-order chi connectivity index (χ0) is 15.9. The molecule has 0 radical (unpaired) electrons. The maximum absolute atomic E-state index is 6.20. The number of hydrogen-bond acceptors (Lipinski definition) is 3. The first-order chi connectivity index (χ1) is 10.6. The van der Waals surface area contributed by atoms with Crippen molar-refractivity contribution in [2.24, 2.45) is 0 Å². The van der Waals surface area contributed by atoms with E-state index in [4.69, 9.17) is 27.9 Å². The van der Waals surface area contributed by atoms with Gasteiger partial charge in [-0.3, -0.25) is 0 Å². The monoisotopic (exact) mass is 338 g/mol. The first-order valence-electron chi connectivity index (χ1n) is 7.41. The number of ether oxygens (including phenoxy) is 1. The Kier molecular flexibility index (Phi) is 6.49. The highest BCUT2D eigenvalue weighted by molar-refractivity contribution is 6.32. The standard InChI is InChI=1S/C17H20Cl2N2O/c1-3-14(20-4-2)11-22-15-9-16(17(19)21-10-15)12-5-7-13(18)8-6-12/h5-10,14,20H,3-4,11H2,1-2H3/t14-/m0/s1. The Hall–Kier alpha value is -1.29. The quantitative estimate of drug-likeness (QED) is 0.734. The fraction of sp³-hybridized carbons (Fsp3) is 0.353. The number of pyridine rings is 1. The summed E-state index contributed by atoms with van der Waals surface area (Å²) in [6.07, 6.45) is 2.67. The van der Waals surface area contributed by atoms with Gasteiger partial charge < -0.3 is 10.1 Å². The average molecular weight is 339 g/mol. The van der Waals surface area contributed by atoms with Crippen LogP contribution in [0, 0.1) is 0 Å². The Morgan fingerprint density at radius 3 is 2.55 bits per heavy atom. The molecular weight excluding hydrogens is 319 g/mol. The molecule has 1 aromatic carbocycles. The van der Waals surface area contributed by atoms with Crippen LogP contribution in [0.5, 0.6) is 5.75 Å². The Bertz CT molecular complexity index is 602. The number of aromatic nitrogens is 1. The van der Waals surface area contributed by atoms with Gasteiger partial charge >= 0.3 is 0 Å². The van der Waals surface area contributed by atoms with Crippen molar-refractivity contribution >= 4 is 23.2 Å². The van der Waals surface area contributed by atoms with Crippen LogP contribution in [-0.2, 0) is 0 Å². The van der Waals surface area contributed by atoms with Gasteiger partial charge in [-0.05, 0) is 36.7 Å². The van der Waals surface area contributed by atoms with Gasteiger partial charge in [0.1, 0.15) is 17.5 Å². The lowest BCUT2D eigenvalue weighted by molar-refractivity contribution is 0.261. The molecule has 0 spiro atoms. The summed E-state index contributed by atoms with van der Waals surface area (Å²) in [5, 5.41) is 4.52. The Balaban J connectivity index is 2.14. The second-order valence-corrected chi connectivity index (χ2v) is 5.78. The van der Waals surface area contributed by atoms with Gasteiger partial charge in [0, 0.05) is 16.6 Å². The van der Waals surface area contributed by atoms with Crippen molar-refractivity contribution in [2.45, 2.75) is 26.3 Å². The molecule has 1 N–H and O–H groups in total. The van der Waals surface area contributed by atoms with E-state index in [0.29, 0.717) is 28.6 Å². The molecule has 118 valence electrons. The number of likely N-dealkylation sites (N-methyl/N-ethyl adjacent to an activating group) is 1. The van der Waals surface area contributed by atoms with Gasteiger partial charge in [-0.1, -0.05) is 49.2 Å². The summed E-state index contributed by atoms with van der Waals surface area (Å²) < 4.78 is 5.84. The van der Waals surface area contributed by atoms with Gasteiger partial charge in [-0.25, -0.2) is 4.98 Å². The summed E-state index contributed by atoms with van der Waals surface area (Å²) in [5.74, 6) is 0.714. The van der Waals surface area contributed by atoms with Crippen molar-refractivity contribution < 1.29 is 4.74 Å². The van der Waals surface area contributed by atoms with Crippen molar-refractivity contribution in [3.05, 3.63) is 46.7 Å². The third kappa shape index (κ3) is 4.60. The number of nitrogens with one attached hydrogen (secondary N) is 1. The Morgan fingerprint density at radius 1 is 1.18 bits per heavy atom. The molecule has 0 unspecified atom stereocenters. The highest BCUT2D eigenvalue weighted by Crippen LogP contribution is 2.30. The Morgan fingerprint density at radius 2 is 1.91 bits per heavy atom. The SMILES string of the molecule is CCN[C@@H](CC)COc1cnc(Cl)c(-c2ccc(Cl)cc2)c1. The summed E-state index contributed by atoms with van der Waals surface area (Å²) in [6.45, 7) is 5.76. The topological polar surface area (TPSA) is 34.1 Å². The summed E-state index contributed by atoms with van der Waals surface area (Å²) in [6, 6.07) is 9.75. The van der Waals surface area contributed by atoms with Gasteiger partial charge in [0.05, 0.1) is 6.20 Å². The minimum Gasteiger partial charge on any atom is -0.490 e. The number of benzene rings is 1. The van der Waals surface area contributed by atoms with Crippen LogP contribution in [0.3, 0.4) is 0 Å². The fourth-order valence-electron chi connectivity index (χ4n) is 2.15. The Labute approximate surface area is 141 Å². The maximum atomic E-state index is 6.20. The highest BCUT2D eigenvalue weighted by Gasteiger charge is 2.09. The van der Waals surface area contributed by atoms with Gasteiger partial charge in [-0.2, -0.15) is 0 Å². The van der Waals surface area contributed by atoms with E-state index in [-0.39, 0.29) is 0 Å². The molecule has 1 aromatic heterocycles. The molecule has 22 heavy (non-hydrogen) atoms. The van der Waals surface area contributed by atoms with Crippen molar-refractivity contribution in [1.82, 2.24) is 10.3 Å². The molecule has 1 atom stereocenters. The van der Waals surface area contributed by atoms with Crippen molar-refractivity contribution in [3.8, 4) is 16.9 Å². The van der Waals surface area contributed by atoms with E-state index in [1.807, 2.05) is 30.3 Å². The normalized spacial score (nSPS) is 12.2. The molecule has 0 amide bonds. The molecule has 2 rings (SSSR count). The van der Waals surface area contributed by atoms with Crippen LogP contribution in [0.1, 0.15) is 20.3 Å². The van der Waals surface area contributed by atoms with Crippen LogP contribution in [-0.4, -0.2) is 24.2 Å². The molecule has 1 heterocycles. The maximum Gasteiger partial charge on any atom is 0.138 e. The number of nitrogens with zero attached hydrogens (tertiary/aromatic N) is 1. The van der Waals surface area contributed by atoms with Crippen LogP contribution in [0.2, 0.25) is 10.2 Å². The molecule has 0 aliphatic rings. The van der Waals surface area contributed by atoms with E-state index < -0.39 is 0 Å². The minimum atomic E-state index is 0.333. The molecule has 0 saturated heterocycles. The van der Waals surface area contributed by atoms with E-state index in [1.165, 1.54) is 0 Å². The predicted octanol–water partition coefficient (Wildman–Crippen LogP) is 4.82. The minimum absolute atomic E-state index is 0.333. The number of halogens is 2. The van der Waals surface area contributed by atoms with Gasteiger partial charge in [0.15, 0.2) is 0 Å². The molecule has 0 saturated carbocycles. The van der Waals surface area contributed by atoms with Gasteiger partial charge in [-0.15, -0.1) is 0 Å². The van der Waals surface area contributed by atoms with Crippen molar-refractivity contribution in [1.29, 1.82) is 0 Å². The molecule has 0 bridgehead atoms. The lowest BCUT2D eigenvalue weighted by Crippen LogP contribution is -2.33.